The van der Waals surface area contributed by atoms with E-state index in [1.54, 1.807) is 61.5 Å². The molecule has 0 aliphatic heterocycles. The molecule has 0 saturated carbocycles. The van der Waals surface area contributed by atoms with Crippen molar-refractivity contribution in [1.82, 2.24) is 10.2 Å². The third-order valence-corrected chi connectivity index (χ3v) is 8.93. The standard InChI is InChI=1S/C30H35Cl2N3O4S/c1-5-17-33-30(37)27(6-2)34(19-23-9-7-8-10-26(23)32)29(36)20-35(28-16-13-24(31)18-22(28)4)40(38,39)25-14-11-21(3)12-15-25/h7-16,18,27H,5-6,17,19-20H2,1-4H3,(H,33,37)/t27-/m1/s1. The largest absolute Gasteiger partial charge is 0.354 e. The molecule has 3 rings (SSSR count). The molecule has 1 atom stereocenters. The normalized spacial score (nSPS) is 12.1. The summed E-state index contributed by atoms with van der Waals surface area (Å²) in [5.74, 6) is -0.844. The lowest BCUT2D eigenvalue weighted by Gasteiger charge is -2.33. The van der Waals surface area contributed by atoms with Gasteiger partial charge in [0.1, 0.15) is 12.6 Å². The smallest absolute Gasteiger partial charge is 0.264 e. The Morgan fingerprint density at radius 2 is 1.62 bits per heavy atom. The molecule has 2 amide bonds. The maximum Gasteiger partial charge on any atom is 0.264 e. The van der Waals surface area contributed by atoms with Gasteiger partial charge in [0.25, 0.3) is 10.0 Å². The van der Waals surface area contributed by atoms with Gasteiger partial charge < -0.3 is 10.2 Å². The van der Waals surface area contributed by atoms with Gasteiger partial charge in [0.15, 0.2) is 0 Å². The van der Waals surface area contributed by atoms with Crippen molar-refractivity contribution in [3.8, 4) is 0 Å². The number of nitrogens with one attached hydrogen (secondary N) is 1. The average Bonchev–Trinajstić information content (AvgIpc) is 2.92. The Morgan fingerprint density at radius 1 is 0.950 bits per heavy atom. The Bertz CT molecular complexity index is 1450. The Labute approximate surface area is 247 Å². The van der Waals surface area contributed by atoms with E-state index in [-0.39, 0.29) is 17.3 Å². The van der Waals surface area contributed by atoms with Crippen LogP contribution in [-0.4, -0.2) is 44.3 Å². The maximum absolute atomic E-state index is 14.1. The number of hydrogen-bond donors (Lipinski definition) is 1. The zero-order valence-electron chi connectivity index (χ0n) is 23.2. The van der Waals surface area contributed by atoms with E-state index >= 15 is 0 Å². The van der Waals surface area contributed by atoms with Crippen LogP contribution in [0.5, 0.6) is 0 Å². The molecule has 0 radical (unpaired) electrons. The number of sulfonamides is 1. The lowest BCUT2D eigenvalue weighted by molar-refractivity contribution is -0.140. The second-order valence-corrected chi connectivity index (χ2v) is 12.3. The monoisotopic (exact) mass is 603 g/mol. The van der Waals surface area contributed by atoms with Crippen LogP contribution in [0.1, 0.15) is 43.4 Å². The number of anilines is 1. The third kappa shape index (κ3) is 7.56. The Kier molecular flexibility index (Phi) is 11.0. The number of benzene rings is 3. The average molecular weight is 605 g/mol. The van der Waals surface area contributed by atoms with Crippen LogP contribution in [0.25, 0.3) is 0 Å². The molecule has 214 valence electrons. The van der Waals surface area contributed by atoms with E-state index in [9.17, 15) is 18.0 Å². The van der Waals surface area contributed by atoms with Gasteiger partial charge in [0.2, 0.25) is 11.8 Å². The summed E-state index contributed by atoms with van der Waals surface area (Å²) in [7, 11) is -4.17. The van der Waals surface area contributed by atoms with E-state index in [1.165, 1.54) is 17.0 Å². The Balaban J connectivity index is 2.10. The molecule has 0 spiro atoms. The molecule has 0 aliphatic rings. The van der Waals surface area contributed by atoms with Gasteiger partial charge in [-0.15, -0.1) is 0 Å². The van der Waals surface area contributed by atoms with Crippen molar-refractivity contribution in [1.29, 1.82) is 0 Å². The molecule has 0 fully saturated rings. The molecule has 3 aromatic carbocycles. The summed E-state index contributed by atoms with van der Waals surface area (Å²) in [4.78, 5) is 28.7. The number of aryl methyl sites for hydroxylation is 2. The van der Waals surface area contributed by atoms with E-state index in [1.807, 2.05) is 20.8 Å². The lowest BCUT2D eigenvalue weighted by atomic mass is 10.1. The van der Waals surface area contributed by atoms with E-state index in [0.29, 0.717) is 39.8 Å². The molecule has 0 aliphatic carbocycles. The number of halogens is 2. The van der Waals surface area contributed by atoms with E-state index in [0.717, 1.165) is 16.3 Å². The first-order chi connectivity index (χ1) is 19.0. The van der Waals surface area contributed by atoms with E-state index in [2.05, 4.69) is 5.32 Å². The third-order valence-electron chi connectivity index (χ3n) is 6.55. The number of carbonyl (C=O) groups is 2. The molecule has 0 unspecified atom stereocenters. The molecule has 10 heteroatoms. The fourth-order valence-electron chi connectivity index (χ4n) is 4.35. The molecule has 3 aromatic rings. The summed E-state index contributed by atoms with van der Waals surface area (Å²) in [6.07, 6.45) is 1.06. The first-order valence-electron chi connectivity index (χ1n) is 13.2. The van der Waals surface area contributed by atoms with Crippen molar-refractivity contribution in [3.63, 3.8) is 0 Å². The molecule has 0 bridgehead atoms. The number of rotatable bonds is 12. The summed E-state index contributed by atoms with van der Waals surface area (Å²) in [6, 6.07) is 17.5. The fraction of sp³-hybridized carbons (Fsp3) is 0.333. The zero-order valence-corrected chi connectivity index (χ0v) is 25.5. The number of amides is 2. The van der Waals surface area contributed by atoms with Crippen LogP contribution in [0.15, 0.2) is 71.6 Å². The highest BCUT2D eigenvalue weighted by molar-refractivity contribution is 7.92. The molecule has 0 saturated heterocycles. The number of nitrogens with zero attached hydrogens (tertiary/aromatic N) is 2. The van der Waals surface area contributed by atoms with Gasteiger partial charge in [0, 0.05) is 23.1 Å². The summed E-state index contributed by atoms with van der Waals surface area (Å²) in [6.45, 7) is 7.32. The molecule has 0 heterocycles. The van der Waals surface area contributed by atoms with Crippen molar-refractivity contribution in [3.05, 3.63) is 93.5 Å². The van der Waals surface area contributed by atoms with Crippen LogP contribution in [0, 0.1) is 13.8 Å². The van der Waals surface area contributed by atoms with Gasteiger partial charge in [-0.25, -0.2) is 8.42 Å². The van der Waals surface area contributed by atoms with Crippen LogP contribution in [-0.2, 0) is 26.2 Å². The minimum absolute atomic E-state index is 0.0363. The highest BCUT2D eigenvalue weighted by Crippen LogP contribution is 2.30. The van der Waals surface area contributed by atoms with E-state index in [4.69, 9.17) is 23.2 Å². The van der Waals surface area contributed by atoms with Crippen molar-refractivity contribution >= 4 is 50.7 Å². The number of hydrogen-bond acceptors (Lipinski definition) is 4. The van der Waals surface area contributed by atoms with Crippen LogP contribution in [0.3, 0.4) is 0 Å². The minimum Gasteiger partial charge on any atom is -0.354 e. The molecular weight excluding hydrogens is 569 g/mol. The second kappa shape index (κ2) is 14.0. The first kappa shape index (κ1) is 31.5. The topological polar surface area (TPSA) is 86.8 Å². The summed E-state index contributed by atoms with van der Waals surface area (Å²) in [5.41, 5.74) is 2.45. The fourth-order valence-corrected chi connectivity index (χ4v) is 6.25. The molecule has 1 N–H and O–H groups in total. The summed E-state index contributed by atoms with van der Waals surface area (Å²) >= 11 is 12.6. The zero-order chi connectivity index (χ0) is 29.4. The Hall–Kier alpha value is -3.07. The highest BCUT2D eigenvalue weighted by atomic mass is 35.5. The summed E-state index contributed by atoms with van der Waals surface area (Å²) in [5, 5.41) is 3.76. The van der Waals surface area contributed by atoms with Gasteiger partial charge in [-0.2, -0.15) is 0 Å². The van der Waals surface area contributed by atoms with Gasteiger partial charge in [0.05, 0.1) is 10.6 Å². The van der Waals surface area contributed by atoms with Crippen LogP contribution >= 0.6 is 23.2 Å². The molecule has 7 nitrogen and oxygen atoms in total. The van der Waals surface area contributed by atoms with Crippen LogP contribution in [0.2, 0.25) is 10.0 Å². The highest BCUT2D eigenvalue weighted by Gasteiger charge is 2.34. The van der Waals surface area contributed by atoms with Crippen LogP contribution in [0.4, 0.5) is 5.69 Å². The quantitative estimate of drug-likeness (QED) is 0.269. The number of carbonyl (C=O) groups excluding carboxylic acids is 2. The van der Waals surface area contributed by atoms with E-state index < -0.39 is 28.5 Å². The first-order valence-corrected chi connectivity index (χ1v) is 15.3. The van der Waals surface area contributed by atoms with Crippen LogP contribution < -0.4 is 9.62 Å². The van der Waals surface area contributed by atoms with Crippen molar-refractivity contribution in [2.75, 3.05) is 17.4 Å². The SMILES string of the molecule is CCCNC(=O)[C@@H](CC)N(Cc1ccccc1Cl)C(=O)CN(c1ccc(Cl)cc1C)S(=O)(=O)c1ccc(C)cc1. The van der Waals surface area contributed by atoms with Crippen molar-refractivity contribution in [2.45, 2.75) is 58.0 Å². The summed E-state index contributed by atoms with van der Waals surface area (Å²) < 4.78 is 29.1. The minimum atomic E-state index is -4.17. The van der Waals surface area contributed by atoms with Gasteiger partial charge in [-0.3, -0.25) is 13.9 Å². The lowest BCUT2D eigenvalue weighted by Crippen LogP contribution is -2.52. The molecule has 40 heavy (non-hydrogen) atoms. The molecular formula is C30H35Cl2N3O4S. The maximum atomic E-state index is 14.1. The predicted octanol–water partition coefficient (Wildman–Crippen LogP) is 6.14. The van der Waals surface area contributed by atoms with Gasteiger partial charge >= 0.3 is 0 Å². The second-order valence-electron chi connectivity index (χ2n) is 9.58. The van der Waals surface area contributed by atoms with Crippen molar-refractivity contribution in [2.24, 2.45) is 0 Å². The predicted molar refractivity (Wildman–Crippen MR) is 161 cm³/mol. The van der Waals surface area contributed by atoms with Gasteiger partial charge in [-0.1, -0.05) is 72.9 Å². The Morgan fingerprint density at radius 3 is 2.23 bits per heavy atom. The van der Waals surface area contributed by atoms with Crippen molar-refractivity contribution < 1.29 is 18.0 Å². The molecule has 0 aromatic heterocycles. The van der Waals surface area contributed by atoms with Gasteiger partial charge in [-0.05, 0) is 74.2 Å².